The van der Waals surface area contributed by atoms with E-state index in [0.717, 1.165) is 18.4 Å². The smallest absolute Gasteiger partial charge is 0.309 e. The van der Waals surface area contributed by atoms with Gasteiger partial charge < -0.3 is 14.9 Å². The largest absolute Gasteiger partial charge is 0.504 e. The number of aliphatic carboxylic acids is 1. The second-order valence-corrected chi connectivity index (χ2v) is 4.50. The summed E-state index contributed by atoms with van der Waals surface area (Å²) < 4.78 is 5.28. The van der Waals surface area contributed by atoms with Crippen LogP contribution < -0.4 is 4.74 Å². The van der Waals surface area contributed by atoms with Crippen LogP contribution in [0.2, 0.25) is 0 Å². The molecule has 2 rings (SSSR count). The Morgan fingerprint density at radius 2 is 2.18 bits per heavy atom. The minimum atomic E-state index is -0.733. The number of phenolic OH excluding ortho intramolecular Hbond substituents is 1. The molecule has 1 aromatic rings. The van der Waals surface area contributed by atoms with Gasteiger partial charge in [-0.05, 0) is 43.9 Å². The standard InChI is InChI=1S/C13H16O4/c1-2-17-11-7-9(3-4-10(11)14)8-13(5-6-13)12(15)16/h3-4,7,14H,2,5-6,8H2,1H3,(H,15,16). The fraction of sp³-hybridized carbons (Fsp3) is 0.462. The van der Waals surface area contributed by atoms with Crippen molar-refractivity contribution in [3.63, 3.8) is 0 Å². The Bertz CT molecular complexity index is 435. The topological polar surface area (TPSA) is 66.8 Å². The molecular weight excluding hydrogens is 220 g/mol. The molecule has 0 aliphatic heterocycles. The van der Waals surface area contributed by atoms with E-state index < -0.39 is 11.4 Å². The zero-order valence-corrected chi connectivity index (χ0v) is 9.77. The van der Waals surface area contributed by atoms with Crippen LogP contribution in [0.15, 0.2) is 18.2 Å². The molecule has 0 aromatic heterocycles. The number of rotatable bonds is 5. The molecule has 92 valence electrons. The van der Waals surface area contributed by atoms with Crippen molar-refractivity contribution >= 4 is 5.97 Å². The number of carboxylic acids is 1. The number of hydrogen-bond donors (Lipinski definition) is 2. The Morgan fingerprint density at radius 3 is 2.71 bits per heavy atom. The first-order valence-electron chi connectivity index (χ1n) is 5.75. The van der Waals surface area contributed by atoms with Crippen LogP contribution >= 0.6 is 0 Å². The minimum Gasteiger partial charge on any atom is -0.504 e. The maximum absolute atomic E-state index is 11.1. The number of phenols is 1. The van der Waals surface area contributed by atoms with E-state index in [1.807, 2.05) is 6.92 Å². The van der Waals surface area contributed by atoms with Crippen molar-refractivity contribution in [1.82, 2.24) is 0 Å². The average Bonchev–Trinajstić information content (AvgIpc) is 3.04. The third-order valence-electron chi connectivity index (χ3n) is 3.17. The summed E-state index contributed by atoms with van der Waals surface area (Å²) in [6.07, 6.45) is 1.96. The van der Waals surface area contributed by atoms with Crippen molar-refractivity contribution in [3.05, 3.63) is 23.8 Å². The van der Waals surface area contributed by atoms with Gasteiger partial charge in [-0.3, -0.25) is 4.79 Å². The molecule has 0 heterocycles. The van der Waals surface area contributed by atoms with E-state index in [9.17, 15) is 9.90 Å². The van der Waals surface area contributed by atoms with E-state index in [1.54, 1.807) is 18.2 Å². The van der Waals surface area contributed by atoms with Crippen LogP contribution in [0.25, 0.3) is 0 Å². The van der Waals surface area contributed by atoms with Crippen LogP contribution in [-0.4, -0.2) is 22.8 Å². The number of aromatic hydroxyl groups is 1. The molecule has 1 fully saturated rings. The Hall–Kier alpha value is -1.71. The Labute approximate surface area is 99.8 Å². The third-order valence-corrected chi connectivity index (χ3v) is 3.17. The normalized spacial score (nSPS) is 16.5. The van der Waals surface area contributed by atoms with Gasteiger partial charge in [-0.25, -0.2) is 0 Å². The van der Waals surface area contributed by atoms with Gasteiger partial charge in [0.15, 0.2) is 11.5 Å². The fourth-order valence-electron chi connectivity index (χ4n) is 1.95. The number of ether oxygens (including phenoxy) is 1. The number of carboxylic acid groups (broad SMARTS) is 1. The van der Waals surface area contributed by atoms with Crippen LogP contribution in [0.3, 0.4) is 0 Å². The maximum atomic E-state index is 11.1. The van der Waals surface area contributed by atoms with E-state index in [1.165, 1.54) is 0 Å². The van der Waals surface area contributed by atoms with Crippen molar-refractivity contribution in [2.45, 2.75) is 26.2 Å². The second kappa shape index (κ2) is 4.28. The lowest BCUT2D eigenvalue weighted by atomic mass is 9.96. The van der Waals surface area contributed by atoms with Gasteiger partial charge in [-0.1, -0.05) is 6.07 Å². The van der Waals surface area contributed by atoms with Gasteiger partial charge in [-0.15, -0.1) is 0 Å². The van der Waals surface area contributed by atoms with Crippen LogP contribution in [0.1, 0.15) is 25.3 Å². The van der Waals surface area contributed by atoms with Crippen molar-refractivity contribution < 1.29 is 19.7 Å². The molecule has 0 atom stereocenters. The fourth-order valence-corrected chi connectivity index (χ4v) is 1.95. The van der Waals surface area contributed by atoms with Gasteiger partial charge in [0.2, 0.25) is 0 Å². The third kappa shape index (κ3) is 2.35. The minimum absolute atomic E-state index is 0.0933. The van der Waals surface area contributed by atoms with Gasteiger partial charge in [0.25, 0.3) is 0 Å². The van der Waals surface area contributed by atoms with Crippen LogP contribution in [0, 0.1) is 5.41 Å². The lowest BCUT2D eigenvalue weighted by Crippen LogP contribution is -2.17. The molecule has 1 aliphatic carbocycles. The first-order chi connectivity index (χ1) is 8.07. The predicted octanol–water partition coefficient (Wildman–Crippen LogP) is 2.20. The predicted molar refractivity (Wildman–Crippen MR) is 62.3 cm³/mol. The number of hydrogen-bond acceptors (Lipinski definition) is 3. The Kier molecular flexibility index (Phi) is 2.96. The molecule has 17 heavy (non-hydrogen) atoms. The van der Waals surface area contributed by atoms with Gasteiger partial charge >= 0.3 is 5.97 Å². The van der Waals surface area contributed by atoms with E-state index >= 15 is 0 Å². The molecule has 4 nitrogen and oxygen atoms in total. The SMILES string of the molecule is CCOc1cc(CC2(C(=O)O)CC2)ccc1O. The van der Waals surface area contributed by atoms with Gasteiger partial charge in [0, 0.05) is 0 Å². The summed E-state index contributed by atoms with van der Waals surface area (Å²) in [6.45, 7) is 2.31. The lowest BCUT2D eigenvalue weighted by molar-refractivity contribution is -0.143. The molecule has 0 saturated heterocycles. The number of carbonyl (C=O) groups is 1. The summed E-state index contributed by atoms with van der Waals surface area (Å²) >= 11 is 0. The van der Waals surface area contributed by atoms with E-state index in [2.05, 4.69) is 0 Å². The van der Waals surface area contributed by atoms with Gasteiger partial charge in [0.1, 0.15) is 0 Å². The number of benzene rings is 1. The van der Waals surface area contributed by atoms with Crippen molar-refractivity contribution in [3.8, 4) is 11.5 Å². The highest BCUT2D eigenvalue weighted by atomic mass is 16.5. The Balaban J connectivity index is 2.17. The van der Waals surface area contributed by atoms with Gasteiger partial charge in [-0.2, -0.15) is 0 Å². The summed E-state index contributed by atoms with van der Waals surface area (Å²) in [5.74, 6) is -0.217. The molecule has 0 bridgehead atoms. The summed E-state index contributed by atoms with van der Waals surface area (Å²) in [5.41, 5.74) is 0.312. The molecule has 4 heteroatoms. The van der Waals surface area contributed by atoms with E-state index in [4.69, 9.17) is 9.84 Å². The van der Waals surface area contributed by atoms with Crippen molar-refractivity contribution in [2.75, 3.05) is 6.61 Å². The van der Waals surface area contributed by atoms with Crippen molar-refractivity contribution in [2.24, 2.45) is 5.41 Å². The molecular formula is C13H16O4. The summed E-state index contributed by atoms with van der Waals surface area (Å²) in [5, 5.41) is 18.7. The molecule has 0 spiro atoms. The lowest BCUT2D eigenvalue weighted by Gasteiger charge is -2.12. The van der Waals surface area contributed by atoms with E-state index in [-0.39, 0.29) is 5.75 Å². The summed E-state index contributed by atoms with van der Waals surface area (Å²) in [6, 6.07) is 5.03. The highest BCUT2D eigenvalue weighted by Crippen LogP contribution is 2.49. The molecule has 1 aliphatic rings. The second-order valence-electron chi connectivity index (χ2n) is 4.50. The monoisotopic (exact) mass is 236 g/mol. The van der Waals surface area contributed by atoms with Crippen LogP contribution in [0.5, 0.6) is 11.5 Å². The first-order valence-corrected chi connectivity index (χ1v) is 5.75. The van der Waals surface area contributed by atoms with Crippen LogP contribution in [0.4, 0.5) is 0 Å². The summed E-state index contributed by atoms with van der Waals surface area (Å²) in [4.78, 5) is 11.1. The maximum Gasteiger partial charge on any atom is 0.309 e. The molecule has 0 unspecified atom stereocenters. The molecule has 1 aromatic carbocycles. The molecule has 0 radical (unpaired) electrons. The highest BCUT2D eigenvalue weighted by molar-refractivity contribution is 5.78. The Morgan fingerprint density at radius 1 is 1.47 bits per heavy atom. The zero-order valence-electron chi connectivity index (χ0n) is 9.77. The quantitative estimate of drug-likeness (QED) is 0.822. The van der Waals surface area contributed by atoms with Crippen LogP contribution in [-0.2, 0) is 11.2 Å². The average molecular weight is 236 g/mol. The van der Waals surface area contributed by atoms with E-state index in [0.29, 0.717) is 18.8 Å². The first kappa shape index (κ1) is 11.8. The molecule has 1 saturated carbocycles. The van der Waals surface area contributed by atoms with Crippen molar-refractivity contribution in [1.29, 1.82) is 0 Å². The summed E-state index contributed by atoms with van der Waals surface area (Å²) in [7, 11) is 0. The van der Waals surface area contributed by atoms with Gasteiger partial charge in [0.05, 0.1) is 12.0 Å². The zero-order chi connectivity index (χ0) is 12.5. The highest BCUT2D eigenvalue weighted by Gasteiger charge is 2.49. The molecule has 0 amide bonds. The molecule has 2 N–H and O–H groups in total.